The molecule has 2 N–H and O–H groups in total. The molecule has 1 aromatic heterocycles. The fourth-order valence-corrected chi connectivity index (χ4v) is 4.27. The van der Waals surface area contributed by atoms with Gasteiger partial charge in [0.05, 0.1) is 6.04 Å². The molecule has 3 rings (SSSR count). The second-order valence-electron chi connectivity index (χ2n) is 6.24. The summed E-state index contributed by atoms with van der Waals surface area (Å²) >= 11 is 1.77. The number of urea groups is 1. The fourth-order valence-electron chi connectivity index (χ4n) is 3.41. The molecule has 2 unspecified atom stereocenters. The highest BCUT2D eigenvalue weighted by atomic mass is 32.1. The lowest BCUT2D eigenvalue weighted by atomic mass is 10.1. The van der Waals surface area contributed by atoms with E-state index in [-0.39, 0.29) is 18.6 Å². The Morgan fingerprint density at radius 2 is 2.23 bits per heavy atom. The first-order valence-corrected chi connectivity index (χ1v) is 9.07. The van der Waals surface area contributed by atoms with Crippen LogP contribution in [0.15, 0.2) is 17.5 Å². The fraction of sp³-hybridized carbons (Fsp3) is 0.688. The number of hydrogen-bond acceptors (Lipinski definition) is 4. The Hall–Kier alpha value is -1.11. The van der Waals surface area contributed by atoms with Gasteiger partial charge in [0, 0.05) is 37.0 Å². The van der Waals surface area contributed by atoms with Gasteiger partial charge in [0.2, 0.25) is 0 Å². The van der Waals surface area contributed by atoms with E-state index in [1.54, 1.807) is 11.3 Å². The third kappa shape index (κ3) is 3.62. The van der Waals surface area contributed by atoms with Gasteiger partial charge in [-0.3, -0.25) is 4.90 Å². The average Bonchev–Trinajstić information content (AvgIpc) is 3.29. The zero-order valence-corrected chi connectivity index (χ0v) is 13.7. The van der Waals surface area contributed by atoms with Crippen molar-refractivity contribution in [1.29, 1.82) is 0 Å². The van der Waals surface area contributed by atoms with E-state index in [1.165, 1.54) is 17.7 Å². The first-order valence-electron chi connectivity index (χ1n) is 8.19. The zero-order chi connectivity index (χ0) is 15.4. The van der Waals surface area contributed by atoms with Crippen molar-refractivity contribution in [3.05, 3.63) is 22.4 Å². The number of carbonyl (C=O) groups excluding carboxylic acids is 1. The van der Waals surface area contributed by atoms with Crippen molar-refractivity contribution in [2.75, 3.05) is 39.3 Å². The van der Waals surface area contributed by atoms with Crippen molar-refractivity contribution in [3.8, 4) is 0 Å². The number of aliphatic hydroxyl groups excluding tert-OH is 1. The summed E-state index contributed by atoms with van der Waals surface area (Å²) in [5.74, 6) is 0.248. The van der Waals surface area contributed by atoms with Gasteiger partial charge in [0.25, 0.3) is 0 Å². The summed E-state index contributed by atoms with van der Waals surface area (Å²) in [5.41, 5.74) is 0. The van der Waals surface area contributed by atoms with Gasteiger partial charge >= 0.3 is 6.03 Å². The Kier molecular flexibility index (Phi) is 5.33. The predicted octanol–water partition coefficient (Wildman–Crippen LogP) is 1.91. The molecule has 1 aromatic rings. The smallest absolute Gasteiger partial charge is 0.317 e. The maximum atomic E-state index is 12.3. The van der Waals surface area contributed by atoms with Crippen molar-refractivity contribution in [3.63, 3.8) is 0 Å². The van der Waals surface area contributed by atoms with Crippen LogP contribution < -0.4 is 5.32 Å². The van der Waals surface area contributed by atoms with Crippen LogP contribution in [0.25, 0.3) is 0 Å². The second kappa shape index (κ2) is 7.44. The summed E-state index contributed by atoms with van der Waals surface area (Å²) in [5, 5.41) is 14.4. The van der Waals surface area contributed by atoms with Crippen molar-refractivity contribution in [2.45, 2.75) is 25.3 Å². The summed E-state index contributed by atoms with van der Waals surface area (Å²) < 4.78 is 0. The van der Waals surface area contributed by atoms with Gasteiger partial charge in [-0.2, -0.15) is 0 Å². The first-order chi connectivity index (χ1) is 10.8. The Balaban J connectivity index is 1.56. The Morgan fingerprint density at radius 1 is 1.41 bits per heavy atom. The molecule has 2 aliphatic heterocycles. The van der Waals surface area contributed by atoms with Gasteiger partial charge in [-0.1, -0.05) is 6.07 Å². The molecule has 2 saturated heterocycles. The second-order valence-corrected chi connectivity index (χ2v) is 7.22. The molecule has 0 radical (unpaired) electrons. The highest BCUT2D eigenvalue weighted by Gasteiger charge is 2.28. The number of rotatable bonds is 5. The van der Waals surface area contributed by atoms with E-state index in [2.05, 4.69) is 27.7 Å². The standard InChI is InChI=1S/C16H25N3O2S/c20-12-13-5-8-19(11-13)16(21)17-10-14(15-4-3-9-22-15)18-6-1-2-7-18/h3-4,9,13-14,20H,1-2,5-8,10-12H2,(H,17,21). The van der Waals surface area contributed by atoms with E-state index in [0.29, 0.717) is 19.1 Å². The Labute approximate surface area is 135 Å². The minimum Gasteiger partial charge on any atom is -0.396 e. The molecule has 22 heavy (non-hydrogen) atoms. The van der Waals surface area contributed by atoms with E-state index in [1.807, 2.05) is 4.90 Å². The third-order valence-electron chi connectivity index (χ3n) is 4.73. The average molecular weight is 323 g/mol. The number of hydrogen-bond donors (Lipinski definition) is 2. The molecule has 0 aromatic carbocycles. The lowest BCUT2D eigenvalue weighted by Crippen LogP contribution is -2.43. The normalized spacial score (nSPS) is 23.9. The molecule has 3 heterocycles. The number of nitrogens with zero attached hydrogens (tertiary/aromatic N) is 2. The van der Waals surface area contributed by atoms with E-state index >= 15 is 0 Å². The summed E-state index contributed by atoms with van der Waals surface area (Å²) in [7, 11) is 0. The molecule has 122 valence electrons. The SMILES string of the molecule is O=C(NCC(c1cccs1)N1CCCC1)N1CCC(CO)C1. The van der Waals surface area contributed by atoms with Crippen LogP contribution in [0.4, 0.5) is 4.79 Å². The number of aliphatic hydroxyl groups is 1. The minimum atomic E-state index is 0.0108. The highest BCUT2D eigenvalue weighted by molar-refractivity contribution is 7.10. The van der Waals surface area contributed by atoms with Crippen LogP contribution in [0.5, 0.6) is 0 Å². The van der Waals surface area contributed by atoms with Crippen molar-refractivity contribution >= 4 is 17.4 Å². The van der Waals surface area contributed by atoms with Crippen molar-refractivity contribution in [2.24, 2.45) is 5.92 Å². The molecule has 0 spiro atoms. The quantitative estimate of drug-likeness (QED) is 0.870. The summed E-state index contributed by atoms with van der Waals surface area (Å²) in [6, 6.07) is 4.55. The van der Waals surface area contributed by atoms with E-state index < -0.39 is 0 Å². The van der Waals surface area contributed by atoms with Gasteiger partial charge in [0.1, 0.15) is 0 Å². The van der Waals surface area contributed by atoms with Crippen molar-refractivity contribution < 1.29 is 9.90 Å². The molecule has 5 nitrogen and oxygen atoms in total. The van der Waals surface area contributed by atoms with E-state index in [0.717, 1.165) is 26.1 Å². The molecule has 2 atom stereocenters. The topological polar surface area (TPSA) is 55.8 Å². The van der Waals surface area contributed by atoms with Crippen LogP contribution in [-0.4, -0.2) is 60.3 Å². The number of carbonyl (C=O) groups is 1. The van der Waals surface area contributed by atoms with Gasteiger partial charge in [-0.15, -0.1) is 11.3 Å². The van der Waals surface area contributed by atoms with Gasteiger partial charge in [0.15, 0.2) is 0 Å². The molecule has 0 saturated carbocycles. The lowest BCUT2D eigenvalue weighted by molar-refractivity contribution is 0.190. The molecule has 2 aliphatic rings. The van der Waals surface area contributed by atoms with E-state index in [9.17, 15) is 9.90 Å². The summed E-state index contributed by atoms with van der Waals surface area (Å²) in [6.45, 7) is 4.51. The maximum absolute atomic E-state index is 12.3. The highest BCUT2D eigenvalue weighted by Crippen LogP contribution is 2.28. The lowest BCUT2D eigenvalue weighted by Gasteiger charge is -2.28. The van der Waals surface area contributed by atoms with Gasteiger partial charge in [-0.05, 0) is 43.8 Å². The zero-order valence-electron chi connectivity index (χ0n) is 12.9. The summed E-state index contributed by atoms with van der Waals surface area (Å²) in [4.78, 5) is 18.0. The van der Waals surface area contributed by atoms with Crippen LogP contribution in [0.1, 0.15) is 30.2 Å². The molecular formula is C16H25N3O2S. The van der Waals surface area contributed by atoms with Crippen LogP contribution >= 0.6 is 11.3 Å². The number of thiophene rings is 1. The Morgan fingerprint density at radius 3 is 2.86 bits per heavy atom. The summed E-state index contributed by atoms with van der Waals surface area (Å²) in [6.07, 6.45) is 3.41. The van der Waals surface area contributed by atoms with Crippen LogP contribution in [0.2, 0.25) is 0 Å². The van der Waals surface area contributed by atoms with Crippen LogP contribution in [0.3, 0.4) is 0 Å². The molecule has 2 amide bonds. The molecule has 0 bridgehead atoms. The number of amides is 2. The first kappa shape index (κ1) is 15.8. The largest absolute Gasteiger partial charge is 0.396 e. The maximum Gasteiger partial charge on any atom is 0.317 e. The molecular weight excluding hydrogens is 298 g/mol. The third-order valence-corrected chi connectivity index (χ3v) is 5.70. The monoisotopic (exact) mass is 323 g/mol. The van der Waals surface area contributed by atoms with Gasteiger partial charge < -0.3 is 15.3 Å². The number of nitrogens with one attached hydrogen (secondary N) is 1. The molecule has 6 heteroatoms. The van der Waals surface area contributed by atoms with Crippen molar-refractivity contribution in [1.82, 2.24) is 15.1 Å². The Bertz CT molecular complexity index is 474. The van der Waals surface area contributed by atoms with Crippen LogP contribution in [0, 0.1) is 5.92 Å². The van der Waals surface area contributed by atoms with Gasteiger partial charge in [-0.25, -0.2) is 4.79 Å². The predicted molar refractivity (Wildman–Crippen MR) is 88.0 cm³/mol. The van der Waals surface area contributed by atoms with Crippen LogP contribution in [-0.2, 0) is 0 Å². The molecule has 2 fully saturated rings. The minimum absolute atomic E-state index is 0.0108. The molecule has 0 aliphatic carbocycles. The van der Waals surface area contributed by atoms with E-state index in [4.69, 9.17) is 0 Å². The number of likely N-dealkylation sites (tertiary alicyclic amines) is 2.